The molecular weight excluding hydrogens is 214 g/mol. The number of likely N-dealkylation sites (N-methyl/N-ethyl adjacent to an activating group) is 1. The van der Waals surface area contributed by atoms with Gasteiger partial charge in [-0.1, -0.05) is 20.3 Å². The molecule has 0 aromatic heterocycles. The van der Waals surface area contributed by atoms with Crippen molar-refractivity contribution in [2.24, 2.45) is 5.73 Å². The van der Waals surface area contributed by atoms with Gasteiger partial charge in [0.25, 0.3) is 0 Å². The number of hydrogen-bond donors (Lipinski definition) is 2. The van der Waals surface area contributed by atoms with Crippen molar-refractivity contribution in [1.29, 1.82) is 0 Å². The third kappa shape index (κ3) is 5.50. The van der Waals surface area contributed by atoms with E-state index in [1.54, 1.807) is 0 Å². The van der Waals surface area contributed by atoms with E-state index in [0.29, 0.717) is 6.04 Å². The SMILES string of the molecule is CCCC(C)N(C)CCC(C)(NCC)C(N)=O. The van der Waals surface area contributed by atoms with Crippen LogP contribution < -0.4 is 11.1 Å². The molecule has 2 unspecified atom stereocenters. The van der Waals surface area contributed by atoms with Crippen LogP contribution in [0.4, 0.5) is 0 Å². The largest absolute Gasteiger partial charge is 0.368 e. The Morgan fingerprint density at radius 2 is 2.06 bits per heavy atom. The average molecular weight is 243 g/mol. The van der Waals surface area contributed by atoms with E-state index < -0.39 is 5.54 Å². The van der Waals surface area contributed by atoms with Crippen LogP contribution in [0, 0.1) is 0 Å². The van der Waals surface area contributed by atoms with Crippen LogP contribution in [-0.2, 0) is 4.79 Å². The maximum atomic E-state index is 11.5. The van der Waals surface area contributed by atoms with Crippen LogP contribution in [0.1, 0.15) is 47.0 Å². The molecule has 0 aromatic carbocycles. The minimum Gasteiger partial charge on any atom is -0.368 e. The summed E-state index contributed by atoms with van der Waals surface area (Å²) in [6.45, 7) is 9.93. The first-order valence-electron chi connectivity index (χ1n) is 6.62. The van der Waals surface area contributed by atoms with Gasteiger partial charge in [-0.25, -0.2) is 0 Å². The minimum absolute atomic E-state index is 0.268. The highest BCUT2D eigenvalue weighted by Crippen LogP contribution is 2.12. The zero-order valence-electron chi connectivity index (χ0n) is 12.0. The first-order valence-corrected chi connectivity index (χ1v) is 6.62. The summed E-state index contributed by atoms with van der Waals surface area (Å²) in [7, 11) is 2.10. The number of amides is 1. The minimum atomic E-state index is -0.588. The van der Waals surface area contributed by atoms with Crippen molar-refractivity contribution in [3.8, 4) is 0 Å². The van der Waals surface area contributed by atoms with Gasteiger partial charge in [0.15, 0.2) is 0 Å². The van der Waals surface area contributed by atoms with Crippen LogP contribution in [0.3, 0.4) is 0 Å². The number of nitrogens with one attached hydrogen (secondary N) is 1. The van der Waals surface area contributed by atoms with E-state index in [0.717, 1.165) is 19.5 Å². The highest BCUT2D eigenvalue weighted by molar-refractivity contribution is 5.84. The summed E-state index contributed by atoms with van der Waals surface area (Å²) in [4.78, 5) is 13.8. The maximum absolute atomic E-state index is 11.5. The molecule has 17 heavy (non-hydrogen) atoms. The third-order valence-corrected chi connectivity index (χ3v) is 3.53. The van der Waals surface area contributed by atoms with Crippen LogP contribution in [0.2, 0.25) is 0 Å². The normalized spacial score (nSPS) is 16.8. The third-order valence-electron chi connectivity index (χ3n) is 3.53. The summed E-state index contributed by atoms with van der Waals surface area (Å²) < 4.78 is 0. The number of primary amides is 1. The molecule has 4 nitrogen and oxygen atoms in total. The van der Waals surface area contributed by atoms with Gasteiger partial charge < -0.3 is 16.0 Å². The lowest BCUT2D eigenvalue weighted by atomic mass is 9.96. The molecule has 0 spiro atoms. The molecule has 0 aliphatic rings. The second-order valence-electron chi connectivity index (χ2n) is 5.09. The number of hydrogen-bond acceptors (Lipinski definition) is 3. The van der Waals surface area contributed by atoms with Gasteiger partial charge in [0.2, 0.25) is 5.91 Å². The predicted molar refractivity (Wildman–Crippen MR) is 72.9 cm³/mol. The van der Waals surface area contributed by atoms with Crippen LogP contribution >= 0.6 is 0 Å². The second-order valence-corrected chi connectivity index (χ2v) is 5.09. The van der Waals surface area contributed by atoms with Crippen molar-refractivity contribution < 1.29 is 4.79 Å². The number of carbonyl (C=O) groups excluding carboxylic acids is 1. The van der Waals surface area contributed by atoms with Crippen LogP contribution in [0.25, 0.3) is 0 Å². The Morgan fingerprint density at radius 1 is 1.47 bits per heavy atom. The second kappa shape index (κ2) is 7.67. The van der Waals surface area contributed by atoms with Crippen molar-refractivity contribution in [1.82, 2.24) is 10.2 Å². The molecule has 0 radical (unpaired) electrons. The Kier molecular flexibility index (Phi) is 7.39. The Bertz CT molecular complexity index is 233. The summed E-state index contributed by atoms with van der Waals surface area (Å²) in [6, 6.07) is 0.554. The molecule has 1 amide bonds. The van der Waals surface area contributed by atoms with Crippen LogP contribution in [0.5, 0.6) is 0 Å². The summed E-state index contributed by atoms with van der Waals surface area (Å²) >= 11 is 0. The highest BCUT2D eigenvalue weighted by atomic mass is 16.1. The van der Waals surface area contributed by atoms with Gasteiger partial charge in [-0.2, -0.15) is 0 Å². The van der Waals surface area contributed by atoms with E-state index in [4.69, 9.17) is 5.73 Å². The summed E-state index contributed by atoms with van der Waals surface area (Å²) in [6.07, 6.45) is 3.12. The fourth-order valence-corrected chi connectivity index (χ4v) is 1.95. The number of carbonyl (C=O) groups is 1. The molecule has 102 valence electrons. The summed E-state index contributed by atoms with van der Waals surface area (Å²) in [5.74, 6) is -0.268. The zero-order chi connectivity index (χ0) is 13.5. The fraction of sp³-hybridized carbons (Fsp3) is 0.923. The summed E-state index contributed by atoms with van der Waals surface area (Å²) in [5.41, 5.74) is 4.87. The van der Waals surface area contributed by atoms with Crippen LogP contribution in [-0.4, -0.2) is 42.5 Å². The van der Waals surface area contributed by atoms with Crippen molar-refractivity contribution in [3.63, 3.8) is 0 Å². The molecule has 4 heteroatoms. The molecule has 0 aliphatic heterocycles. The van der Waals surface area contributed by atoms with Crippen LogP contribution in [0.15, 0.2) is 0 Å². The van der Waals surface area contributed by atoms with Gasteiger partial charge in [-0.05, 0) is 40.3 Å². The predicted octanol–water partition coefficient (Wildman–Crippen LogP) is 1.35. The van der Waals surface area contributed by atoms with Gasteiger partial charge >= 0.3 is 0 Å². The van der Waals surface area contributed by atoms with Gasteiger partial charge in [-0.3, -0.25) is 4.79 Å². The van der Waals surface area contributed by atoms with E-state index in [1.807, 2.05) is 13.8 Å². The lowest BCUT2D eigenvalue weighted by molar-refractivity contribution is -0.124. The van der Waals surface area contributed by atoms with E-state index in [1.165, 1.54) is 12.8 Å². The first kappa shape index (κ1) is 16.4. The van der Waals surface area contributed by atoms with E-state index in [-0.39, 0.29) is 5.91 Å². The van der Waals surface area contributed by atoms with Crippen molar-refractivity contribution in [3.05, 3.63) is 0 Å². The van der Waals surface area contributed by atoms with E-state index in [2.05, 4.69) is 31.1 Å². The molecule has 0 bridgehead atoms. The van der Waals surface area contributed by atoms with Gasteiger partial charge in [0.05, 0.1) is 5.54 Å². The average Bonchev–Trinajstić information content (AvgIpc) is 2.26. The molecule has 3 N–H and O–H groups in total. The number of nitrogens with two attached hydrogens (primary N) is 1. The van der Waals surface area contributed by atoms with E-state index in [9.17, 15) is 4.79 Å². The standard InChI is InChI=1S/C13H29N3O/c1-6-8-11(3)16(5)10-9-13(4,12(14)17)15-7-2/h11,15H,6-10H2,1-5H3,(H2,14,17). The quantitative estimate of drug-likeness (QED) is 0.643. The fourth-order valence-electron chi connectivity index (χ4n) is 1.95. The molecule has 0 aromatic rings. The van der Waals surface area contributed by atoms with Gasteiger partial charge in [-0.15, -0.1) is 0 Å². The monoisotopic (exact) mass is 243 g/mol. The Hall–Kier alpha value is -0.610. The molecule has 0 fully saturated rings. The Labute approximate surface area is 106 Å². The summed E-state index contributed by atoms with van der Waals surface area (Å²) in [5, 5.41) is 3.18. The number of rotatable bonds is 9. The molecule has 0 saturated carbocycles. The molecule has 0 saturated heterocycles. The topological polar surface area (TPSA) is 58.4 Å². The van der Waals surface area contributed by atoms with Crippen molar-refractivity contribution in [2.75, 3.05) is 20.1 Å². The van der Waals surface area contributed by atoms with Crippen molar-refractivity contribution in [2.45, 2.75) is 58.5 Å². The van der Waals surface area contributed by atoms with Crippen molar-refractivity contribution >= 4 is 5.91 Å². The van der Waals surface area contributed by atoms with E-state index >= 15 is 0 Å². The lowest BCUT2D eigenvalue weighted by Gasteiger charge is -2.31. The first-order chi connectivity index (χ1) is 7.87. The Balaban J connectivity index is 4.26. The number of nitrogens with zero attached hydrogens (tertiary/aromatic N) is 1. The highest BCUT2D eigenvalue weighted by Gasteiger charge is 2.30. The molecular formula is C13H29N3O. The smallest absolute Gasteiger partial charge is 0.237 e. The van der Waals surface area contributed by atoms with Gasteiger partial charge in [0.1, 0.15) is 0 Å². The molecule has 0 aliphatic carbocycles. The maximum Gasteiger partial charge on any atom is 0.237 e. The molecule has 2 atom stereocenters. The van der Waals surface area contributed by atoms with Gasteiger partial charge in [0, 0.05) is 12.6 Å². The lowest BCUT2D eigenvalue weighted by Crippen LogP contribution is -2.54. The molecule has 0 heterocycles. The molecule has 0 rings (SSSR count). The zero-order valence-corrected chi connectivity index (χ0v) is 12.0. The Morgan fingerprint density at radius 3 is 2.47 bits per heavy atom.